The Labute approximate surface area is 93.0 Å². The first-order chi connectivity index (χ1) is 7.25. The normalized spacial score (nSPS) is 35.6. The van der Waals surface area contributed by atoms with Crippen LogP contribution in [0.4, 0.5) is 0 Å². The molecule has 2 fully saturated rings. The van der Waals surface area contributed by atoms with E-state index in [1.54, 1.807) is 0 Å². The molecule has 0 radical (unpaired) electrons. The molecular formula is C12H24N2O. The van der Waals surface area contributed by atoms with Crippen molar-refractivity contribution in [2.45, 2.75) is 44.8 Å². The zero-order chi connectivity index (χ0) is 10.7. The monoisotopic (exact) mass is 212 g/mol. The average molecular weight is 212 g/mol. The second-order valence-electron chi connectivity index (χ2n) is 5.16. The number of hydrogen-bond donors (Lipinski definition) is 1. The van der Waals surface area contributed by atoms with Gasteiger partial charge in [0.05, 0.1) is 6.10 Å². The summed E-state index contributed by atoms with van der Waals surface area (Å²) in [4.78, 5) is 2.55. The molecular weight excluding hydrogens is 188 g/mol. The molecule has 0 bridgehead atoms. The van der Waals surface area contributed by atoms with Gasteiger partial charge in [-0.05, 0) is 45.1 Å². The summed E-state index contributed by atoms with van der Waals surface area (Å²) < 4.78 is 5.68. The van der Waals surface area contributed by atoms with E-state index in [0.717, 1.165) is 13.2 Å². The van der Waals surface area contributed by atoms with E-state index in [2.05, 4.69) is 11.8 Å². The Morgan fingerprint density at radius 3 is 2.93 bits per heavy atom. The third kappa shape index (κ3) is 3.16. The Balaban J connectivity index is 1.76. The highest BCUT2D eigenvalue weighted by Gasteiger charge is 2.25. The summed E-state index contributed by atoms with van der Waals surface area (Å²) in [5.74, 6) is 0.695. The molecule has 2 aliphatic rings. The van der Waals surface area contributed by atoms with Gasteiger partial charge in [0, 0.05) is 25.7 Å². The topological polar surface area (TPSA) is 38.5 Å². The van der Waals surface area contributed by atoms with Gasteiger partial charge in [0.15, 0.2) is 0 Å². The fourth-order valence-electron chi connectivity index (χ4n) is 2.76. The molecule has 0 spiro atoms. The van der Waals surface area contributed by atoms with Gasteiger partial charge < -0.3 is 15.4 Å². The Morgan fingerprint density at radius 1 is 1.40 bits per heavy atom. The smallest absolute Gasteiger partial charge is 0.0702 e. The van der Waals surface area contributed by atoms with Gasteiger partial charge in [-0.25, -0.2) is 0 Å². The van der Waals surface area contributed by atoms with Crippen LogP contribution in [0.5, 0.6) is 0 Å². The number of piperidine rings is 1. The van der Waals surface area contributed by atoms with Crippen molar-refractivity contribution in [3.05, 3.63) is 0 Å². The van der Waals surface area contributed by atoms with E-state index in [-0.39, 0.29) is 0 Å². The highest BCUT2D eigenvalue weighted by atomic mass is 16.5. The number of nitrogens with zero attached hydrogens (tertiary/aromatic N) is 1. The highest BCUT2D eigenvalue weighted by molar-refractivity contribution is 4.80. The molecule has 2 N–H and O–H groups in total. The molecule has 0 aromatic rings. The number of hydrogen-bond acceptors (Lipinski definition) is 3. The molecule has 0 aromatic carbocycles. The van der Waals surface area contributed by atoms with Crippen molar-refractivity contribution in [1.82, 2.24) is 4.90 Å². The summed E-state index contributed by atoms with van der Waals surface area (Å²) in [6.45, 7) is 6.65. The molecule has 0 saturated carbocycles. The second-order valence-corrected chi connectivity index (χ2v) is 5.16. The van der Waals surface area contributed by atoms with Gasteiger partial charge in [-0.2, -0.15) is 0 Å². The molecule has 0 amide bonds. The van der Waals surface area contributed by atoms with Crippen molar-refractivity contribution >= 4 is 0 Å². The van der Waals surface area contributed by atoms with Gasteiger partial charge in [0.2, 0.25) is 0 Å². The minimum atomic E-state index is 0.345. The van der Waals surface area contributed by atoms with Crippen molar-refractivity contribution in [1.29, 1.82) is 0 Å². The summed E-state index contributed by atoms with van der Waals surface area (Å²) in [5, 5.41) is 0. The van der Waals surface area contributed by atoms with Crippen LogP contribution in [0.3, 0.4) is 0 Å². The van der Waals surface area contributed by atoms with Crippen LogP contribution in [0.1, 0.15) is 32.6 Å². The quantitative estimate of drug-likeness (QED) is 0.764. The lowest BCUT2D eigenvalue weighted by Crippen LogP contribution is -2.44. The van der Waals surface area contributed by atoms with Crippen LogP contribution in [-0.2, 0) is 4.74 Å². The summed E-state index contributed by atoms with van der Waals surface area (Å²) in [7, 11) is 0. The van der Waals surface area contributed by atoms with Crippen LogP contribution in [0.2, 0.25) is 0 Å². The Hall–Kier alpha value is -0.120. The fraction of sp³-hybridized carbons (Fsp3) is 1.00. The number of likely N-dealkylation sites (tertiary alicyclic amines) is 1. The van der Waals surface area contributed by atoms with E-state index in [1.165, 1.54) is 38.8 Å². The van der Waals surface area contributed by atoms with Crippen LogP contribution < -0.4 is 5.73 Å². The van der Waals surface area contributed by atoms with Gasteiger partial charge in [0.25, 0.3) is 0 Å². The van der Waals surface area contributed by atoms with E-state index in [9.17, 15) is 0 Å². The molecule has 88 valence electrons. The maximum Gasteiger partial charge on any atom is 0.0702 e. The lowest BCUT2D eigenvalue weighted by Gasteiger charge is -2.35. The van der Waals surface area contributed by atoms with E-state index in [1.807, 2.05) is 0 Å². The van der Waals surface area contributed by atoms with Crippen LogP contribution in [0, 0.1) is 5.92 Å². The molecule has 3 heteroatoms. The summed E-state index contributed by atoms with van der Waals surface area (Å²) in [6, 6.07) is 0.345. The number of rotatable bonds is 3. The molecule has 2 aliphatic heterocycles. The zero-order valence-electron chi connectivity index (χ0n) is 9.82. The van der Waals surface area contributed by atoms with E-state index in [0.29, 0.717) is 18.1 Å². The Bertz CT molecular complexity index is 188. The summed E-state index contributed by atoms with van der Waals surface area (Å²) in [5.41, 5.74) is 5.98. The first-order valence-electron chi connectivity index (χ1n) is 6.35. The Morgan fingerprint density at radius 2 is 2.27 bits per heavy atom. The lowest BCUT2D eigenvalue weighted by atomic mass is 9.92. The molecule has 3 nitrogen and oxygen atoms in total. The average Bonchev–Trinajstić information content (AvgIpc) is 2.71. The van der Waals surface area contributed by atoms with Crippen molar-refractivity contribution in [3.8, 4) is 0 Å². The summed E-state index contributed by atoms with van der Waals surface area (Å²) >= 11 is 0. The van der Waals surface area contributed by atoms with E-state index >= 15 is 0 Å². The minimum absolute atomic E-state index is 0.345. The van der Waals surface area contributed by atoms with E-state index < -0.39 is 0 Å². The maximum atomic E-state index is 5.98. The molecule has 3 atom stereocenters. The van der Waals surface area contributed by atoms with Gasteiger partial charge in [0.1, 0.15) is 0 Å². The van der Waals surface area contributed by atoms with Crippen molar-refractivity contribution in [2.24, 2.45) is 11.7 Å². The van der Waals surface area contributed by atoms with Crippen molar-refractivity contribution in [2.75, 3.05) is 26.2 Å². The minimum Gasteiger partial charge on any atom is -0.377 e. The van der Waals surface area contributed by atoms with Gasteiger partial charge in [-0.15, -0.1) is 0 Å². The SMILES string of the molecule is CC(N)C1CCCN(CC2CCCO2)C1. The first kappa shape index (κ1) is 11.4. The van der Waals surface area contributed by atoms with Gasteiger partial charge in [-0.1, -0.05) is 0 Å². The molecule has 3 unspecified atom stereocenters. The predicted molar refractivity (Wildman–Crippen MR) is 61.8 cm³/mol. The van der Waals surface area contributed by atoms with Gasteiger partial charge in [-0.3, -0.25) is 0 Å². The molecule has 2 saturated heterocycles. The second kappa shape index (κ2) is 5.28. The standard InChI is InChI=1S/C12H24N2O/c1-10(13)11-4-2-6-14(8-11)9-12-5-3-7-15-12/h10-12H,2-9,13H2,1H3. The number of nitrogens with two attached hydrogens (primary N) is 1. The third-order valence-electron chi connectivity index (χ3n) is 3.77. The molecule has 0 aliphatic carbocycles. The van der Waals surface area contributed by atoms with Crippen LogP contribution in [0.15, 0.2) is 0 Å². The third-order valence-corrected chi connectivity index (χ3v) is 3.77. The fourth-order valence-corrected chi connectivity index (χ4v) is 2.76. The first-order valence-corrected chi connectivity index (χ1v) is 6.35. The maximum absolute atomic E-state index is 5.98. The zero-order valence-corrected chi connectivity index (χ0v) is 9.82. The van der Waals surface area contributed by atoms with Crippen LogP contribution in [0.25, 0.3) is 0 Å². The predicted octanol–water partition coefficient (Wildman–Crippen LogP) is 1.22. The lowest BCUT2D eigenvalue weighted by molar-refractivity contribution is 0.0542. The van der Waals surface area contributed by atoms with Crippen molar-refractivity contribution < 1.29 is 4.74 Å². The van der Waals surface area contributed by atoms with Crippen LogP contribution >= 0.6 is 0 Å². The molecule has 2 rings (SSSR count). The van der Waals surface area contributed by atoms with E-state index in [4.69, 9.17) is 10.5 Å². The molecule has 2 heterocycles. The molecule has 0 aromatic heterocycles. The number of ether oxygens (including phenoxy) is 1. The molecule has 15 heavy (non-hydrogen) atoms. The Kier molecular flexibility index (Phi) is 4.00. The van der Waals surface area contributed by atoms with Crippen molar-refractivity contribution in [3.63, 3.8) is 0 Å². The van der Waals surface area contributed by atoms with Crippen LogP contribution in [-0.4, -0.2) is 43.3 Å². The largest absolute Gasteiger partial charge is 0.377 e. The van der Waals surface area contributed by atoms with Gasteiger partial charge >= 0.3 is 0 Å². The summed E-state index contributed by atoms with van der Waals surface area (Å²) in [6.07, 6.45) is 5.60. The highest BCUT2D eigenvalue weighted by Crippen LogP contribution is 2.21.